The maximum Gasteiger partial charge on any atom is 0.408 e. The average Bonchev–Trinajstić information content (AvgIpc) is 3.64. The number of carboxylic acids is 1. The fourth-order valence-corrected chi connectivity index (χ4v) is 4.11. The molecule has 11 nitrogen and oxygen atoms in total. The number of alkyl halides is 2. The van der Waals surface area contributed by atoms with Gasteiger partial charge in [-0.05, 0) is 70.7 Å². The standard InChI is InChI=1S/C30H31F4N3O8/c1-14(35-29(41)45-30(2,3)4)24-23(25(38)36-22(27(39)40)18-9-8-17(31)12-19(18)32)37-26(44-24)16-7-10-20(43-28(33)34)21(11-16)42-13-15-5-6-15/h7-12,14-15,22,28H,5-6,13H2,1-4H3,(H,35,41)(H,36,38)(H,39,40). The second-order valence-corrected chi connectivity index (χ2v) is 11.3. The van der Waals surface area contributed by atoms with Gasteiger partial charge in [0.15, 0.2) is 29.0 Å². The van der Waals surface area contributed by atoms with Crippen LogP contribution in [0.5, 0.6) is 11.5 Å². The predicted octanol–water partition coefficient (Wildman–Crippen LogP) is 6.15. The van der Waals surface area contributed by atoms with E-state index in [1.807, 2.05) is 0 Å². The van der Waals surface area contributed by atoms with Gasteiger partial charge in [-0.3, -0.25) is 4.79 Å². The first-order valence-electron chi connectivity index (χ1n) is 13.8. The van der Waals surface area contributed by atoms with E-state index in [9.17, 15) is 37.1 Å². The predicted molar refractivity (Wildman–Crippen MR) is 149 cm³/mol. The molecule has 2 aromatic carbocycles. The van der Waals surface area contributed by atoms with Gasteiger partial charge in [0, 0.05) is 17.2 Å². The van der Waals surface area contributed by atoms with Crippen LogP contribution in [-0.4, -0.2) is 46.9 Å². The van der Waals surface area contributed by atoms with E-state index >= 15 is 0 Å². The maximum absolute atomic E-state index is 14.5. The molecule has 1 aliphatic carbocycles. The van der Waals surface area contributed by atoms with Crippen LogP contribution in [0.2, 0.25) is 0 Å². The fraction of sp³-hybridized carbons (Fsp3) is 0.400. The third kappa shape index (κ3) is 8.86. The number of carbonyl (C=O) groups is 3. The highest BCUT2D eigenvalue weighted by molar-refractivity contribution is 5.96. The number of aliphatic carboxylic acids is 1. The van der Waals surface area contributed by atoms with Crippen LogP contribution in [0.3, 0.4) is 0 Å². The number of nitrogens with one attached hydrogen (secondary N) is 2. The van der Waals surface area contributed by atoms with E-state index in [2.05, 4.69) is 20.4 Å². The molecule has 1 fully saturated rings. The Hall–Kier alpha value is -4.82. The van der Waals surface area contributed by atoms with Gasteiger partial charge in [-0.15, -0.1) is 0 Å². The number of hydrogen-bond donors (Lipinski definition) is 3. The van der Waals surface area contributed by atoms with E-state index in [0.29, 0.717) is 6.07 Å². The largest absolute Gasteiger partial charge is 0.489 e. The van der Waals surface area contributed by atoms with Gasteiger partial charge in [-0.2, -0.15) is 8.78 Å². The molecule has 1 aliphatic rings. The van der Waals surface area contributed by atoms with Gasteiger partial charge < -0.3 is 34.4 Å². The summed E-state index contributed by atoms with van der Waals surface area (Å²) >= 11 is 0. The van der Waals surface area contributed by atoms with Crippen molar-refractivity contribution < 1.29 is 55.7 Å². The van der Waals surface area contributed by atoms with Gasteiger partial charge in [0.05, 0.1) is 12.6 Å². The lowest BCUT2D eigenvalue weighted by molar-refractivity contribution is -0.139. The van der Waals surface area contributed by atoms with Gasteiger partial charge in [0.1, 0.15) is 17.2 Å². The number of aromatic nitrogens is 1. The summed E-state index contributed by atoms with van der Waals surface area (Å²) in [6, 6.07) is 2.96. The van der Waals surface area contributed by atoms with E-state index in [0.717, 1.165) is 25.0 Å². The van der Waals surface area contributed by atoms with Gasteiger partial charge in [-0.1, -0.05) is 6.07 Å². The van der Waals surface area contributed by atoms with Crippen LogP contribution in [0.15, 0.2) is 40.8 Å². The summed E-state index contributed by atoms with van der Waals surface area (Å²) in [6.45, 7) is 3.45. The monoisotopic (exact) mass is 637 g/mol. The smallest absolute Gasteiger partial charge is 0.408 e. The maximum atomic E-state index is 14.5. The third-order valence-electron chi connectivity index (χ3n) is 6.37. The van der Waals surface area contributed by atoms with Crippen LogP contribution in [0, 0.1) is 17.6 Å². The molecule has 45 heavy (non-hydrogen) atoms. The number of benzene rings is 2. The number of ether oxygens (including phenoxy) is 3. The van der Waals surface area contributed by atoms with Crippen LogP contribution in [0.25, 0.3) is 11.5 Å². The SMILES string of the molecule is CC(NC(=O)OC(C)(C)C)c1oc(-c2ccc(OC(F)F)c(OCC3CC3)c2)nc1C(=O)NC(C(=O)O)c1ccc(F)cc1F. The Kier molecular flexibility index (Phi) is 9.88. The highest BCUT2D eigenvalue weighted by Crippen LogP contribution is 2.37. The molecule has 242 valence electrons. The molecule has 1 aromatic heterocycles. The molecular weight excluding hydrogens is 606 g/mol. The van der Waals surface area contributed by atoms with Crippen molar-refractivity contribution in [3.8, 4) is 23.0 Å². The van der Waals surface area contributed by atoms with Crippen molar-refractivity contribution in [3.05, 3.63) is 65.1 Å². The summed E-state index contributed by atoms with van der Waals surface area (Å²) in [5, 5.41) is 14.4. The van der Waals surface area contributed by atoms with Crippen molar-refractivity contribution >= 4 is 18.0 Å². The Labute approximate surface area is 254 Å². The van der Waals surface area contributed by atoms with E-state index in [1.54, 1.807) is 20.8 Å². The van der Waals surface area contributed by atoms with Crippen LogP contribution in [0.4, 0.5) is 22.4 Å². The molecule has 0 saturated heterocycles. The molecule has 2 unspecified atom stereocenters. The molecule has 2 atom stereocenters. The van der Waals surface area contributed by atoms with Crippen molar-refractivity contribution in [3.63, 3.8) is 0 Å². The lowest BCUT2D eigenvalue weighted by Gasteiger charge is -2.21. The Morgan fingerprint density at radius 2 is 1.78 bits per heavy atom. The van der Waals surface area contributed by atoms with E-state index < -0.39 is 65.2 Å². The van der Waals surface area contributed by atoms with Crippen LogP contribution < -0.4 is 20.1 Å². The van der Waals surface area contributed by atoms with E-state index in [4.69, 9.17) is 13.9 Å². The average molecular weight is 638 g/mol. The van der Waals surface area contributed by atoms with Gasteiger partial charge in [-0.25, -0.2) is 23.4 Å². The van der Waals surface area contributed by atoms with E-state index in [1.165, 1.54) is 25.1 Å². The first-order valence-corrected chi connectivity index (χ1v) is 13.8. The Morgan fingerprint density at radius 3 is 2.38 bits per heavy atom. The molecular formula is C30H31F4N3O8. The topological polar surface area (TPSA) is 149 Å². The second-order valence-electron chi connectivity index (χ2n) is 11.3. The molecule has 15 heteroatoms. The Morgan fingerprint density at radius 1 is 1.07 bits per heavy atom. The minimum Gasteiger partial charge on any atom is -0.489 e. The molecule has 0 bridgehead atoms. The van der Waals surface area contributed by atoms with Crippen LogP contribution in [-0.2, 0) is 9.53 Å². The number of rotatable bonds is 12. The van der Waals surface area contributed by atoms with Crippen LogP contribution >= 0.6 is 0 Å². The number of oxazole rings is 1. The first kappa shape index (κ1) is 33.1. The number of amides is 2. The number of carboxylic acid groups (broad SMARTS) is 1. The number of alkyl carbamates (subject to hydrolysis) is 1. The quantitative estimate of drug-likeness (QED) is 0.199. The lowest BCUT2D eigenvalue weighted by atomic mass is 10.1. The molecule has 3 aromatic rings. The summed E-state index contributed by atoms with van der Waals surface area (Å²) < 4.78 is 75.3. The summed E-state index contributed by atoms with van der Waals surface area (Å²) in [5.74, 6) is -5.46. The van der Waals surface area contributed by atoms with Crippen molar-refractivity contribution in [2.75, 3.05) is 6.61 Å². The molecule has 0 radical (unpaired) electrons. The number of halogens is 4. The zero-order chi connectivity index (χ0) is 33.1. The number of hydrogen-bond acceptors (Lipinski definition) is 8. The first-order chi connectivity index (χ1) is 21.1. The molecule has 1 saturated carbocycles. The van der Waals surface area contributed by atoms with Crippen molar-refractivity contribution in [1.82, 2.24) is 15.6 Å². The van der Waals surface area contributed by atoms with Crippen molar-refractivity contribution in [2.24, 2.45) is 5.92 Å². The minimum atomic E-state index is -3.13. The highest BCUT2D eigenvalue weighted by Gasteiger charge is 2.32. The number of nitrogens with zero attached hydrogens (tertiary/aromatic N) is 1. The summed E-state index contributed by atoms with van der Waals surface area (Å²) in [7, 11) is 0. The minimum absolute atomic E-state index is 0.0388. The molecule has 1 heterocycles. The van der Waals surface area contributed by atoms with Gasteiger partial charge in [0.25, 0.3) is 5.91 Å². The zero-order valence-corrected chi connectivity index (χ0v) is 24.7. The van der Waals surface area contributed by atoms with Crippen LogP contribution in [0.1, 0.15) is 74.4 Å². The van der Waals surface area contributed by atoms with Crippen molar-refractivity contribution in [2.45, 2.75) is 64.8 Å². The summed E-state index contributed by atoms with van der Waals surface area (Å²) in [4.78, 5) is 42.2. The molecule has 4 rings (SSSR count). The molecule has 0 spiro atoms. The third-order valence-corrected chi connectivity index (χ3v) is 6.37. The van der Waals surface area contributed by atoms with Crippen molar-refractivity contribution in [1.29, 1.82) is 0 Å². The normalized spacial score (nSPS) is 14.4. The fourth-order valence-electron chi connectivity index (χ4n) is 4.11. The summed E-state index contributed by atoms with van der Waals surface area (Å²) in [6.07, 6.45) is 0.975. The lowest BCUT2D eigenvalue weighted by Crippen LogP contribution is -2.37. The van der Waals surface area contributed by atoms with Gasteiger partial charge >= 0.3 is 18.7 Å². The Balaban J connectivity index is 1.72. The summed E-state index contributed by atoms with van der Waals surface area (Å²) in [5.41, 5.74) is -1.74. The number of carbonyl (C=O) groups excluding carboxylic acids is 2. The highest BCUT2D eigenvalue weighted by atomic mass is 19.3. The molecule has 3 N–H and O–H groups in total. The Bertz CT molecular complexity index is 1570. The zero-order valence-electron chi connectivity index (χ0n) is 24.7. The second kappa shape index (κ2) is 13.4. The molecule has 2 amide bonds. The van der Waals surface area contributed by atoms with Gasteiger partial charge in [0.2, 0.25) is 5.89 Å². The van der Waals surface area contributed by atoms with E-state index in [-0.39, 0.29) is 41.2 Å². The molecule has 0 aliphatic heterocycles.